The quantitative estimate of drug-likeness (QED) is 0.654. The Labute approximate surface area is 78.6 Å². The highest BCUT2D eigenvalue weighted by atomic mass is 14.9. The summed E-state index contributed by atoms with van der Waals surface area (Å²) in [7, 11) is 0. The average Bonchev–Trinajstić information content (AvgIpc) is 2.71. The predicted octanol–water partition coefficient (Wildman–Crippen LogP) is 3.04. The summed E-state index contributed by atoms with van der Waals surface area (Å²) in [5.41, 5.74) is 2.61. The number of rotatable bonds is 2. The summed E-state index contributed by atoms with van der Waals surface area (Å²) < 4.78 is 2.11. The van der Waals surface area contributed by atoms with Crippen molar-refractivity contribution in [2.75, 3.05) is 0 Å². The lowest BCUT2D eigenvalue weighted by Crippen LogP contribution is -1.89. The summed E-state index contributed by atoms with van der Waals surface area (Å²) in [5, 5.41) is 0. The Morgan fingerprint density at radius 1 is 1.00 bits per heavy atom. The third-order valence-corrected chi connectivity index (χ3v) is 2.25. The van der Waals surface area contributed by atoms with Gasteiger partial charge in [0.15, 0.2) is 0 Å². The lowest BCUT2D eigenvalue weighted by molar-refractivity contribution is 1.07. The van der Waals surface area contributed by atoms with Gasteiger partial charge in [0.25, 0.3) is 0 Å². The van der Waals surface area contributed by atoms with Crippen molar-refractivity contribution in [3.8, 4) is 5.69 Å². The Morgan fingerprint density at radius 2 is 1.62 bits per heavy atom. The molecule has 2 rings (SSSR count). The summed E-state index contributed by atoms with van der Waals surface area (Å²) in [6, 6.07) is 12.7. The van der Waals surface area contributed by atoms with E-state index in [1.165, 1.54) is 11.3 Å². The summed E-state index contributed by atoms with van der Waals surface area (Å²) in [6.45, 7) is 2.17. The highest BCUT2D eigenvalue weighted by Crippen LogP contribution is 2.09. The van der Waals surface area contributed by atoms with Crippen molar-refractivity contribution >= 4 is 0 Å². The summed E-state index contributed by atoms with van der Waals surface area (Å²) in [4.78, 5) is 0. The lowest BCUT2D eigenvalue weighted by Gasteiger charge is -2.03. The number of aromatic nitrogens is 1. The van der Waals surface area contributed by atoms with Crippen LogP contribution in [0.3, 0.4) is 0 Å². The molecule has 66 valence electrons. The molecule has 1 aromatic heterocycles. The first kappa shape index (κ1) is 8.11. The topological polar surface area (TPSA) is 4.93 Å². The Bertz CT molecular complexity index is 357. The van der Waals surface area contributed by atoms with E-state index in [1.54, 1.807) is 0 Å². The highest BCUT2D eigenvalue weighted by Gasteiger charge is 1.93. The third-order valence-electron chi connectivity index (χ3n) is 2.25. The Balaban J connectivity index is 2.33. The SMILES string of the molecule is CCc1ccc(-n2cccc2)cc1. The summed E-state index contributed by atoms with van der Waals surface area (Å²) >= 11 is 0. The van der Waals surface area contributed by atoms with Crippen molar-refractivity contribution in [2.24, 2.45) is 0 Å². The van der Waals surface area contributed by atoms with Crippen LogP contribution in [0.4, 0.5) is 0 Å². The van der Waals surface area contributed by atoms with Gasteiger partial charge < -0.3 is 4.57 Å². The minimum Gasteiger partial charge on any atom is -0.324 e. The van der Waals surface area contributed by atoms with Crippen molar-refractivity contribution in [3.05, 3.63) is 54.4 Å². The van der Waals surface area contributed by atoms with Crippen LogP contribution in [0, 0.1) is 0 Å². The fraction of sp³-hybridized carbons (Fsp3) is 0.167. The first-order valence-electron chi connectivity index (χ1n) is 4.62. The van der Waals surface area contributed by atoms with Gasteiger partial charge in [0.2, 0.25) is 0 Å². The van der Waals surface area contributed by atoms with E-state index in [0.717, 1.165) is 6.42 Å². The van der Waals surface area contributed by atoms with Gasteiger partial charge in [0.05, 0.1) is 0 Å². The molecule has 0 aliphatic carbocycles. The maximum atomic E-state index is 2.18. The van der Waals surface area contributed by atoms with Crippen molar-refractivity contribution in [1.29, 1.82) is 0 Å². The normalized spacial score (nSPS) is 10.2. The first-order valence-corrected chi connectivity index (χ1v) is 4.62. The van der Waals surface area contributed by atoms with Crippen LogP contribution in [0.15, 0.2) is 48.8 Å². The van der Waals surface area contributed by atoms with Gasteiger partial charge in [-0.15, -0.1) is 0 Å². The first-order chi connectivity index (χ1) is 6.40. The number of nitrogens with zero attached hydrogens (tertiary/aromatic N) is 1. The molecule has 0 N–H and O–H groups in total. The molecule has 0 spiro atoms. The zero-order valence-corrected chi connectivity index (χ0v) is 7.77. The maximum Gasteiger partial charge on any atom is 0.0449 e. The summed E-state index contributed by atoms with van der Waals surface area (Å²) in [6.07, 6.45) is 5.22. The van der Waals surface area contributed by atoms with Gasteiger partial charge in [-0.3, -0.25) is 0 Å². The molecule has 0 fully saturated rings. The van der Waals surface area contributed by atoms with E-state index in [1.807, 2.05) is 12.1 Å². The van der Waals surface area contributed by atoms with Crippen LogP contribution in [-0.4, -0.2) is 4.57 Å². The van der Waals surface area contributed by atoms with E-state index >= 15 is 0 Å². The van der Waals surface area contributed by atoms with Crippen LogP contribution in [0.5, 0.6) is 0 Å². The molecule has 1 nitrogen and oxygen atoms in total. The predicted molar refractivity (Wildman–Crippen MR) is 55.1 cm³/mol. The van der Waals surface area contributed by atoms with Crippen LogP contribution in [0.25, 0.3) is 5.69 Å². The van der Waals surface area contributed by atoms with Crippen molar-refractivity contribution in [2.45, 2.75) is 13.3 Å². The van der Waals surface area contributed by atoms with E-state index < -0.39 is 0 Å². The molecule has 0 aliphatic rings. The monoisotopic (exact) mass is 171 g/mol. The van der Waals surface area contributed by atoms with Crippen LogP contribution < -0.4 is 0 Å². The molecule has 13 heavy (non-hydrogen) atoms. The number of benzene rings is 1. The molecule has 1 heteroatoms. The van der Waals surface area contributed by atoms with Crippen LogP contribution in [-0.2, 0) is 6.42 Å². The van der Waals surface area contributed by atoms with Gasteiger partial charge in [-0.1, -0.05) is 19.1 Å². The zero-order chi connectivity index (χ0) is 9.10. The highest BCUT2D eigenvalue weighted by molar-refractivity contribution is 5.35. The smallest absolute Gasteiger partial charge is 0.0449 e. The number of aryl methyl sites for hydroxylation is 1. The number of hydrogen-bond acceptors (Lipinski definition) is 0. The van der Waals surface area contributed by atoms with Gasteiger partial charge in [-0.25, -0.2) is 0 Å². The van der Waals surface area contributed by atoms with Gasteiger partial charge in [0, 0.05) is 18.1 Å². The largest absolute Gasteiger partial charge is 0.324 e. The standard InChI is InChI=1S/C12H13N/c1-2-11-5-7-12(8-6-11)13-9-3-4-10-13/h3-10H,2H2,1H3. The second-order valence-corrected chi connectivity index (χ2v) is 3.11. The average molecular weight is 171 g/mol. The second kappa shape index (κ2) is 3.48. The van der Waals surface area contributed by atoms with E-state index in [-0.39, 0.29) is 0 Å². The van der Waals surface area contributed by atoms with E-state index in [0.29, 0.717) is 0 Å². The Kier molecular flexibility index (Phi) is 2.17. The fourth-order valence-corrected chi connectivity index (χ4v) is 1.41. The minimum atomic E-state index is 1.10. The molecule has 1 heterocycles. The Morgan fingerprint density at radius 3 is 2.15 bits per heavy atom. The van der Waals surface area contributed by atoms with Gasteiger partial charge in [-0.05, 0) is 36.2 Å². The molecule has 0 amide bonds. The Hall–Kier alpha value is -1.50. The van der Waals surface area contributed by atoms with Gasteiger partial charge in [-0.2, -0.15) is 0 Å². The van der Waals surface area contributed by atoms with Crippen LogP contribution in [0.2, 0.25) is 0 Å². The molecule has 2 aromatic rings. The fourth-order valence-electron chi connectivity index (χ4n) is 1.41. The molecule has 0 saturated carbocycles. The molecule has 0 saturated heterocycles. The minimum absolute atomic E-state index is 1.10. The van der Waals surface area contributed by atoms with Gasteiger partial charge in [0.1, 0.15) is 0 Å². The van der Waals surface area contributed by atoms with Crippen molar-refractivity contribution in [1.82, 2.24) is 4.57 Å². The zero-order valence-electron chi connectivity index (χ0n) is 7.77. The summed E-state index contributed by atoms with van der Waals surface area (Å²) in [5.74, 6) is 0. The molecule has 0 aliphatic heterocycles. The molecule has 0 unspecified atom stereocenters. The second-order valence-electron chi connectivity index (χ2n) is 3.11. The van der Waals surface area contributed by atoms with Crippen molar-refractivity contribution < 1.29 is 0 Å². The molecule has 0 atom stereocenters. The molecule has 0 radical (unpaired) electrons. The van der Waals surface area contributed by atoms with E-state index in [9.17, 15) is 0 Å². The lowest BCUT2D eigenvalue weighted by atomic mass is 10.1. The molecular weight excluding hydrogens is 158 g/mol. The van der Waals surface area contributed by atoms with E-state index in [4.69, 9.17) is 0 Å². The van der Waals surface area contributed by atoms with E-state index in [2.05, 4.69) is 48.1 Å². The molecule has 1 aromatic carbocycles. The third kappa shape index (κ3) is 1.64. The number of hydrogen-bond donors (Lipinski definition) is 0. The maximum absolute atomic E-state index is 2.18. The molecule has 0 bridgehead atoms. The van der Waals surface area contributed by atoms with Gasteiger partial charge >= 0.3 is 0 Å². The molecular formula is C12H13N. The van der Waals surface area contributed by atoms with Crippen LogP contribution >= 0.6 is 0 Å². The van der Waals surface area contributed by atoms with Crippen molar-refractivity contribution in [3.63, 3.8) is 0 Å². The van der Waals surface area contributed by atoms with Crippen LogP contribution in [0.1, 0.15) is 12.5 Å².